The minimum atomic E-state index is -0.830. The lowest BCUT2D eigenvalue weighted by molar-refractivity contribution is -0.137. The van der Waals surface area contributed by atoms with Gasteiger partial charge in [0.15, 0.2) is 0 Å². The smallest absolute Gasteiger partial charge is 0.304 e. The largest absolute Gasteiger partial charge is 0.481 e. The lowest BCUT2D eigenvalue weighted by Gasteiger charge is -2.25. The standard InChI is InChI=1S/C25H36N4O2S/c1-16-9-10-18(13-19(16)15-28(3)32-20-7-5-6-8-20)22(14-24(30)31)21-11-12-23(29(4)27)25(26)17(21)2/h9-13,20,22H,5-8,14-15,26-27H2,1-4H3,(H,30,31). The molecule has 1 unspecified atom stereocenters. The average molecular weight is 457 g/mol. The molecule has 0 bridgehead atoms. The molecule has 0 aliphatic heterocycles. The fourth-order valence-corrected chi connectivity index (χ4v) is 5.87. The number of nitrogens with zero attached hydrogens (tertiary/aromatic N) is 2. The first-order chi connectivity index (χ1) is 15.2. The molecule has 1 fully saturated rings. The van der Waals surface area contributed by atoms with E-state index in [1.807, 2.05) is 31.0 Å². The van der Waals surface area contributed by atoms with E-state index in [1.54, 1.807) is 7.05 Å². The minimum absolute atomic E-state index is 0.00720. The van der Waals surface area contributed by atoms with Gasteiger partial charge in [-0.15, -0.1) is 0 Å². The Labute approximate surface area is 196 Å². The molecule has 0 saturated heterocycles. The van der Waals surface area contributed by atoms with Crippen molar-refractivity contribution in [3.63, 3.8) is 0 Å². The summed E-state index contributed by atoms with van der Waals surface area (Å²) in [7, 11) is 3.89. The van der Waals surface area contributed by atoms with E-state index in [4.69, 9.17) is 11.6 Å². The van der Waals surface area contributed by atoms with E-state index >= 15 is 0 Å². The van der Waals surface area contributed by atoms with Crippen LogP contribution in [0.2, 0.25) is 0 Å². The van der Waals surface area contributed by atoms with Crippen LogP contribution in [0.25, 0.3) is 0 Å². The third-order valence-corrected chi connectivity index (χ3v) is 7.73. The molecule has 5 N–H and O–H groups in total. The van der Waals surface area contributed by atoms with Gasteiger partial charge in [-0.25, -0.2) is 10.1 Å². The monoisotopic (exact) mass is 456 g/mol. The summed E-state index contributed by atoms with van der Waals surface area (Å²) in [5.41, 5.74) is 12.9. The van der Waals surface area contributed by atoms with Crippen molar-refractivity contribution in [2.45, 2.75) is 63.7 Å². The number of hydrogen-bond donors (Lipinski definition) is 3. The van der Waals surface area contributed by atoms with Crippen molar-refractivity contribution in [1.82, 2.24) is 4.31 Å². The molecule has 6 nitrogen and oxygen atoms in total. The number of nitrogens with two attached hydrogens (primary N) is 2. The quantitative estimate of drug-likeness (QED) is 0.215. The van der Waals surface area contributed by atoms with Gasteiger partial charge in [0.25, 0.3) is 0 Å². The lowest BCUT2D eigenvalue weighted by atomic mass is 9.84. The third kappa shape index (κ3) is 5.77. The van der Waals surface area contributed by atoms with E-state index in [1.165, 1.54) is 41.8 Å². The second-order valence-electron chi connectivity index (χ2n) is 8.96. The first-order valence-corrected chi connectivity index (χ1v) is 12.1. The summed E-state index contributed by atoms with van der Waals surface area (Å²) in [5.74, 6) is 4.79. The van der Waals surface area contributed by atoms with E-state index in [0.29, 0.717) is 10.9 Å². The molecule has 0 radical (unpaired) electrons. The van der Waals surface area contributed by atoms with Crippen LogP contribution in [0.3, 0.4) is 0 Å². The summed E-state index contributed by atoms with van der Waals surface area (Å²) >= 11 is 1.95. The molecule has 1 atom stereocenters. The number of rotatable bonds is 9. The predicted octanol–water partition coefficient (Wildman–Crippen LogP) is 4.82. The van der Waals surface area contributed by atoms with Crippen LogP contribution in [-0.2, 0) is 11.3 Å². The van der Waals surface area contributed by atoms with E-state index in [9.17, 15) is 9.90 Å². The normalized spacial score (nSPS) is 15.3. The van der Waals surface area contributed by atoms with Gasteiger partial charge in [0.2, 0.25) is 0 Å². The van der Waals surface area contributed by atoms with Gasteiger partial charge in [-0.2, -0.15) is 0 Å². The summed E-state index contributed by atoms with van der Waals surface area (Å²) in [4.78, 5) is 11.8. The molecule has 1 aliphatic rings. The number of aryl methyl sites for hydroxylation is 1. The Bertz CT molecular complexity index is 957. The van der Waals surface area contributed by atoms with E-state index in [2.05, 4.69) is 36.5 Å². The fraction of sp³-hybridized carbons (Fsp3) is 0.480. The third-order valence-electron chi connectivity index (χ3n) is 6.47. The second-order valence-corrected chi connectivity index (χ2v) is 10.5. The van der Waals surface area contributed by atoms with Gasteiger partial charge in [-0.05, 0) is 67.6 Å². The van der Waals surface area contributed by atoms with Crippen LogP contribution in [0.4, 0.5) is 11.4 Å². The van der Waals surface area contributed by atoms with Crippen molar-refractivity contribution < 1.29 is 9.90 Å². The van der Waals surface area contributed by atoms with Gasteiger partial charge in [-0.3, -0.25) is 4.79 Å². The topological polar surface area (TPSA) is 95.8 Å². The lowest BCUT2D eigenvalue weighted by Crippen LogP contribution is -2.26. The van der Waals surface area contributed by atoms with Crippen LogP contribution in [0, 0.1) is 13.8 Å². The fourth-order valence-electron chi connectivity index (χ4n) is 4.60. The van der Waals surface area contributed by atoms with Gasteiger partial charge in [0.05, 0.1) is 17.8 Å². The molecule has 0 aromatic heterocycles. The molecule has 1 aliphatic carbocycles. The van der Waals surface area contributed by atoms with Crippen molar-refractivity contribution in [3.8, 4) is 0 Å². The Morgan fingerprint density at radius 3 is 2.50 bits per heavy atom. The Hall–Kier alpha value is -2.22. The molecule has 1 saturated carbocycles. The van der Waals surface area contributed by atoms with Crippen LogP contribution in [0.1, 0.15) is 65.8 Å². The maximum Gasteiger partial charge on any atom is 0.304 e. The van der Waals surface area contributed by atoms with E-state index in [-0.39, 0.29) is 12.3 Å². The second kappa shape index (κ2) is 10.6. The summed E-state index contributed by atoms with van der Waals surface area (Å²) in [6.45, 7) is 4.89. The maximum atomic E-state index is 11.8. The zero-order chi connectivity index (χ0) is 23.4. The molecule has 0 amide bonds. The van der Waals surface area contributed by atoms with Gasteiger partial charge >= 0.3 is 5.97 Å². The Balaban J connectivity index is 1.92. The molecule has 2 aromatic carbocycles. The number of carboxylic acids is 1. The number of benzene rings is 2. The molecule has 0 heterocycles. The molecule has 0 spiro atoms. The van der Waals surface area contributed by atoms with Gasteiger partial charge in [-0.1, -0.05) is 49.1 Å². The number of anilines is 2. The van der Waals surface area contributed by atoms with Crippen LogP contribution in [0.5, 0.6) is 0 Å². The van der Waals surface area contributed by atoms with Crippen LogP contribution < -0.4 is 16.6 Å². The van der Waals surface area contributed by atoms with Crippen LogP contribution in [0.15, 0.2) is 30.3 Å². The van der Waals surface area contributed by atoms with Crippen LogP contribution in [-0.4, -0.2) is 34.7 Å². The molecule has 174 valence electrons. The predicted molar refractivity (Wildman–Crippen MR) is 135 cm³/mol. The highest BCUT2D eigenvalue weighted by atomic mass is 32.2. The molecule has 7 heteroatoms. The highest BCUT2D eigenvalue weighted by Crippen LogP contribution is 2.37. The van der Waals surface area contributed by atoms with E-state index in [0.717, 1.165) is 28.9 Å². The van der Waals surface area contributed by atoms with Crippen molar-refractivity contribution in [2.75, 3.05) is 24.8 Å². The Morgan fingerprint density at radius 1 is 1.19 bits per heavy atom. The highest BCUT2D eigenvalue weighted by Gasteiger charge is 2.23. The SMILES string of the molecule is Cc1ccc(C(CC(=O)O)c2ccc(N(C)N)c(N)c2C)cc1CN(C)SC1CCCC1. The number of hydrazine groups is 1. The van der Waals surface area contributed by atoms with Crippen LogP contribution >= 0.6 is 11.9 Å². The highest BCUT2D eigenvalue weighted by molar-refractivity contribution is 7.97. The molecule has 2 aromatic rings. The maximum absolute atomic E-state index is 11.8. The molecule has 3 rings (SSSR count). The minimum Gasteiger partial charge on any atom is -0.481 e. The van der Waals surface area contributed by atoms with Crippen molar-refractivity contribution >= 4 is 29.3 Å². The summed E-state index contributed by atoms with van der Waals surface area (Å²) in [6.07, 6.45) is 5.26. The van der Waals surface area contributed by atoms with Gasteiger partial charge in [0.1, 0.15) is 0 Å². The first kappa shape index (κ1) is 24.4. The number of carboxylic acid groups (broad SMARTS) is 1. The average Bonchev–Trinajstić information content (AvgIpc) is 3.22. The number of aliphatic carboxylic acids is 1. The van der Waals surface area contributed by atoms with E-state index < -0.39 is 5.97 Å². The number of hydrogen-bond acceptors (Lipinski definition) is 6. The van der Waals surface area contributed by atoms with Gasteiger partial charge in [0, 0.05) is 24.8 Å². The van der Waals surface area contributed by atoms with Crippen molar-refractivity contribution in [2.24, 2.45) is 5.84 Å². The first-order valence-electron chi connectivity index (χ1n) is 11.2. The molecular weight excluding hydrogens is 420 g/mol. The zero-order valence-electron chi connectivity index (χ0n) is 19.6. The van der Waals surface area contributed by atoms with Gasteiger partial charge < -0.3 is 15.8 Å². The molecular formula is C25H36N4O2S. The van der Waals surface area contributed by atoms with Crippen molar-refractivity contribution in [3.05, 3.63) is 58.1 Å². The summed E-state index contributed by atoms with van der Waals surface area (Å²) in [6, 6.07) is 10.2. The Kier molecular flexibility index (Phi) is 8.09. The number of carbonyl (C=O) groups is 1. The van der Waals surface area contributed by atoms with Crippen molar-refractivity contribution in [1.29, 1.82) is 0 Å². The number of nitrogen functional groups attached to an aromatic ring is 1. The summed E-state index contributed by atoms with van der Waals surface area (Å²) in [5, 5.41) is 11.9. The zero-order valence-corrected chi connectivity index (χ0v) is 20.4. The Morgan fingerprint density at radius 2 is 1.88 bits per heavy atom. The summed E-state index contributed by atoms with van der Waals surface area (Å²) < 4.78 is 2.32. The molecule has 32 heavy (non-hydrogen) atoms.